The smallest absolute Gasteiger partial charge is 0.158 e. The molecule has 0 unspecified atom stereocenters. The summed E-state index contributed by atoms with van der Waals surface area (Å²) in [5.74, 6) is 3.77. The van der Waals surface area contributed by atoms with Gasteiger partial charge < -0.3 is 24.3 Å². The van der Waals surface area contributed by atoms with Crippen LogP contribution in [0.5, 0.6) is 5.75 Å². The summed E-state index contributed by atoms with van der Waals surface area (Å²) in [5.41, 5.74) is 6.73. The Kier molecular flexibility index (Phi) is 5.63. The van der Waals surface area contributed by atoms with Crippen LogP contribution in [-0.4, -0.2) is 44.1 Å². The van der Waals surface area contributed by atoms with Gasteiger partial charge in [0.25, 0.3) is 0 Å². The van der Waals surface area contributed by atoms with Crippen LogP contribution in [-0.2, 0) is 24.2 Å². The van der Waals surface area contributed by atoms with E-state index < -0.39 is 0 Å². The fourth-order valence-electron chi connectivity index (χ4n) is 5.42. The molecule has 37 heavy (non-hydrogen) atoms. The van der Waals surface area contributed by atoms with Gasteiger partial charge >= 0.3 is 0 Å². The van der Waals surface area contributed by atoms with Gasteiger partial charge in [-0.3, -0.25) is 0 Å². The van der Waals surface area contributed by atoms with Crippen molar-refractivity contribution in [2.24, 2.45) is 0 Å². The summed E-state index contributed by atoms with van der Waals surface area (Å²) in [6, 6.07) is 4.31. The lowest BCUT2D eigenvalue weighted by Gasteiger charge is -2.15. The number of nitrogens with zero attached hydrogens (tertiary/aromatic N) is 5. The second-order valence-electron chi connectivity index (χ2n) is 9.86. The van der Waals surface area contributed by atoms with Gasteiger partial charge in [-0.25, -0.2) is 14.6 Å². The number of aryl methyl sites for hydroxylation is 3. The molecule has 10 nitrogen and oxygen atoms in total. The van der Waals surface area contributed by atoms with Crippen LogP contribution in [0.2, 0.25) is 0 Å². The maximum Gasteiger partial charge on any atom is 0.158 e. The Morgan fingerprint density at radius 2 is 2.00 bits per heavy atom. The maximum absolute atomic E-state index is 5.85. The Labute approximate surface area is 214 Å². The minimum Gasteiger partial charge on any atom is -0.496 e. The number of hydrogen-bond donors (Lipinski definition) is 2. The van der Waals surface area contributed by atoms with Crippen LogP contribution in [0.25, 0.3) is 33.1 Å². The van der Waals surface area contributed by atoms with E-state index >= 15 is 0 Å². The lowest BCUT2D eigenvalue weighted by atomic mass is 10.0. The van der Waals surface area contributed by atoms with Gasteiger partial charge in [0.15, 0.2) is 5.82 Å². The average molecular weight is 502 g/mol. The highest BCUT2D eigenvalue weighted by atomic mass is 16.5. The Morgan fingerprint density at radius 3 is 2.70 bits per heavy atom. The minimum atomic E-state index is 0.213. The van der Waals surface area contributed by atoms with Crippen LogP contribution in [0.4, 0.5) is 11.6 Å². The largest absolute Gasteiger partial charge is 0.496 e. The highest BCUT2D eigenvalue weighted by Crippen LogP contribution is 2.42. The van der Waals surface area contributed by atoms with Gasteiger partial charge in [0, 0.05) is 35.2 Å². The first-order chi connectivity index (χ1) is 17.9. The van der Waals surface area contributed by atoms with Crippen molar-refractivity contribution in [3.8, 4) is 16.9 Å². The molecule has 2 N–H and O–H groups in total. The number of hydrogen-bond acceptors (Lipinski definition) is 8. The molecule has 0 bridgehead atoms. The molecule has 4 aromatic heterocycles. The third-order valence-electron chi connectivity index (χ3n) is 7.05. The van der Waals surface area contributed by atoms with E-state index in [9.17, 15) is 0 Å². The summed E-state index contributed by atoms with van der Waals surface area (Å²) in [4.78, 5) is 13.2. The van der Waals surface area contributed by atoms with Crippen molar-refractivity contribution in [2.45, 2.75) is 59.6 Å². The van der Waals surface area contributed by atoms with E-state index in [-0.39, 0.29) is 6.04 Å². The number of rotatable bonds is 7. The zero-order chi connectivity index (χ0) is 25.8. The van der Waals surface area contributed by atoms with E-state index in [2.05, 4.69) is 40.1 Å². The summed E-state index contributed by atoms with van der Waals surface area (Å²) < 4.78 is 18.7. The maximum atomic E-state index is 5.85. The number of aromatic amines is 1. The molecule has 192 valence electrons. The summed E-state index contributed by atoms with van der Waals surface area (Å²) in [6.45, 7) is 8.43. The Balaban J connectivity index is 1.59. The number of fused-ring (bicyclic) bond motifs is 4. The predicted molar refractivity (Wildman–Crippen MR) is 142 cm³/mol. The monoisotopic (exact) mass is 501 g/mol. The van der Waals surface area contributed by atoms with Crippen molar-refractivity contribution in [1.29, 1.82) is 0 Å². The third-order valence-corrected chi connectivity index (χ3v) is 7.05. The van der Waals surface area contributed by atoms with Crippen molar-refractivity contribution in [2.75, 3.05) is 19.5 Å². The minimum absolute atomic E-state index is 0.213. The molecule has 5 aromatic rings. The van der Waals surface area contributed by atoms with E-state index in [0.717, 1.165) is 75.3 Å². The first kappa shape index (κ1) is 23.5. The molecule has 1 aliphatic rings. The molecular weight excluding hydrogens is 470 g/mol. The van der Waals surface area contributed by atoms with Crippen LogP contribution in [0.3, 0.4) is 0 Å². The lowest BCUT2D eigenvalue weighted by molar-refractivity contribution is 0.178. The van der Waals surface area contributed by atoms with Gasteiger partial charge in [0.05, 0.1) is 29.4 Å². The molecule has 0 amide bonds. The summed E-state index contributed by atoms with van der Waals surface area (Å²) >= 11 is 0. The molecule has 0 aliphatic heterocycles. The highest BCUT2D eigenvalue weighted by Gasteiger charge is 2.26. The summed E-state index contributed by atoms with van der Waals surface area (Å²) in [7, 11) is 3.32. The topological polar surface area (TPSA) is 116 Å². The normalized spacial score (nSPS) is 13.3. The van der Waals surface area contributed by atoms with Crippen LogP contribution in [0, 0.1) is 13.8 Å². The lowest BCUT2D eigenvalue weighted by Crippen LogP contribution is -2.10. The molecule has 6 rings (SSSR count). The fourth-order valence-corrected chi connectivity index (χ4v) is 5.42. The second kappa shape index (κ2) is 8.88. The van der Waals surface area contributed by atoms with E-state index in [4.69, 9.17) is 29.1 Å². The molecular formula is C27H31N7O3. The zero-order valence-electron chi connectivity index (χ0n) is 22.0. The predicted octanol–water partition coefficient (Wildman–Crippen LogP) is 5.55. The first-order valence-corrected chi connectivity index (χ1v) is 12.6. The van der Waals surface area contributed by atoms with Gasteiger partial charge in [0.2, 0.25) is 0 Å². The van der Waals surface area contributed by atoms with Gasteiger partial charge in [-0.1, -0.05) is 5.16 Å². The van der Waals surface area contributed by atoms with Crippen molar-refractivity contribution < 1.29 is 14.0 Å². The van der Waals surface area contributed by atoms with Crippen molar-refractivity contribution in [3.05, 3.63) is 40.7 Å². The molecule has 0 radical (unpaired) electrons. The number of anilines is 2. The number of aromatic nitrogens is 6. The van der Waals surface area contributed by atoms with E-state index in [1.54, 1.807) is 14.2 Å². The molecule has 1 aliphatic carbocycles. The van der Waals surface area contributed by atoms with Crippen LogP contribution in [0.15, 0.2) is 16.7 Å². The van der Waals surface area contributed by atoms with Crippen molar-refractivity contribution in [3.63, 3.8) is 0 Å². The van der Waals surface area contributed by atoms with E-state index in [1.807, 2.05) is 19.9 Å². The highest BCUT2D eigenvalue weighted by molar-refractivity contribution is 6.13. The zero-order valence-corrected chi connectivity index (χ0v) is 22.0. The number of H-pyrrole nitrogens is 1. The van der Waals surface area contributed by atoms with Crippen molar-refractivity contribution in [1.82, 2.24) is 29.9 Å². The molecule has 0 atom stereocenters. The summed E-state index contributed by atoms with van der Waals surface area (Å²) in [6.07, 6.45) is 3.13. The summed E-state index contributed by atoms with van der Waals surface area (Å²) in [5, 5.41) is 14.5. The Bertz CT molecular complexity index is 1620. The third kappa shape index (κ3) is 3.74. The van der Waals surface area contributed by atoms with E-state index in [1.165, 1.54) is 11.3 Å². The fraction of sp³-hybridized carbons (Fsp3) is 0.407. The molecule has 0 saturated carbocycles. The molecule has 0 saturated heterocycles. The van der Waals surface area contributed by atoms with Crippen LogP contribution < -0.4 is 10.1 Å². The molecule has 0 spiro atoms. The standard InChI is InChI=1S/C27H31N7O3/c1-13(2)34-27(16-8-7-9-19(16)32-34)31-26-24-17-11-21(36-6)18(23-14(3)33-37-15(23)4)10-20(17)28-25(24)29-22(30-26)12-35-5/h10-11,13H,7-9,12H2,1-6H3,(H2,28,29,30,31). The van der Waals surface area contributed by atoms with Crippen LogP contribution >= 0.6 is 0 Å². The average Bonchev–Trinajstić information content (AvgIpc) is 3.62. The number of benzene rings is 1. The van der Waals surface area contributed by atoms with Crippen LogP contribution in [0.1, 0.15) is 54.8 Å². The van der Waals surface area contributed by atoms with Gasteiger partial charge in [-0.2, -0.15) is 5.10 Å². The number of ether oxygens (including phenoxy) is 2. The Hall–Kier alpha value is -3.92. The quantitative estimate of drug-likeness (QED) is 0.298. The van der Waals surface area contributed by atoms with E-state index in [0.29, 0.717) is 18.2 Å². The molecule has 10 heteroatoms. The van der Waals surface area contributed by atoms with Gasteiger partial charge in [0.1, 0.15) is 35.4 Å². The number of nitrogens with one attached hydrogen (secondary N) is 2. The van der Waals surface area contributed by atoms with Gasteiger partial charge in [-0.05, 0) is 59.1 Å². The first-order valence-electron chi connectivity index (χ1n) is 12.6. The molecule has 0 fully saturated rings. The number of methoxy groups -OCH3 is 2. The molecule has 1 aromatic carbocycles. The SMILES string of the molecule is COCc1nc(Nc2c3c(nn2C(C)C)CCC3)c2c(n1)[nH]c1cc(-c3c(C)noc3C)c(OC)cc12. The Morgan fingerprint density at radius 1 is 1.16 bits per heavy atom. The van der Waals surface area contributed by atoms with Gasteiger partial charge in [-0.15, -0.1) is 0 Å². The van der Waals surface area contributed by atoms with Crippen molar-refractivity contribution >= 4 is 33.6 Å². The molecule has 4 heterocycles. The second-order valence-corrected chi connectivity index (χ2v) is 9.86.